The van der Waals surface area contributed by atoms with E-state index in [2.05, 4.69) is 9.97 Å². The molecule has 0 fully saturated rings. The molecule has 1 aromatic carbocycles. The van der Waals surface area contributed by atoms with Crippen LogP contribution in [-0.4, -0.2) is 22.9 Å². The Morgan fingerprint density at radius 2 is 2.00 bits per heavy atom. The number of halogens is 2. The van der Waals surface area contributed by atoms with E-state index in [9.17, 15) is 13.6 Å². The number of hydrogen-bond donors (Lipinski definition) is 0. The highest BCUT2D eigenvalue weighted by atomic mass is 19.1. The Kier molecular flexibility index (Phi) is 3.27. The minimum atomic E-state index is -0.933. The molecule has 2 aromatic rings. The maximum absolute atomic E-state index is 13.4. The second kappa shape index (κ2) is 4.87. The number of nitrogens with zero attached hydrogens (tertiary/aromatic N) is 2. The lowest BCUT2D eigenvalue weighted by atomic mass is 10.1. The highest BCUT2D eigenvalue weighted by molar-refractivity contribution is 6.07. The van der Waals surface area contributed by atoms with Gasteiger partial charge in [0.1, 0.15) is 23.7 Å². The smallest absolute Gasteiger partial charge is 0.216 e. The van der Waals surface area contributed by atoms with Gasteiger partial charge in [0.15, 0.2) is 0 Å². The summed E-state index contributed by atoms with van der Waals surface area (Å²) in [6.45, 7) is 0. The van der Waals surface area contributed by atoms with Crippen molar-refractivity contribution in [2.45, 2.75) is 0 Å². The fourth-order valence-corrected chi connectivity index (χ4v) is 1.39. The van der Waals surface area contributed by atoms with Gasteiger partial charge in [0.25, 0.3) is 0 Å². The summed E-state index contributed by atoms with van der Waals surface area (Å²) >= 11 is 0. The molecule has 0 aliphatic carbocycles. The van der Waals surface area contributed by atoms with Gasteiger partial charge in [-0.2, -0.15) is 0 Å². The van der Waals surface area contributed by atoms with E-state index in [0.29, 0.717) is 6.07 Å². The molecule has 4 nitrogen and oxygen atoms in total. The highest BCUT2D eigenvalue weighted by Gasteiger charge is 2.16. The van der Waals surface area contributed by atoms with Crippen molar-refractivity contribution in [3.8, 4) is 5.88 Å². The number of carbonyl (C=O) groups excluding carboxylic acids is 1. The molecule has 1 heterocycles. The average Bonchev–Trinajstić information content (AvgIpc) is 2.38. The van der Waals surface area contributed by atoms with Crippen molar-refractivity contribution in [3.05, 3.63) is 53.5 Å². The van der Waals surface area contributed by atoms with Gasteiger partial charge < -0.3 is 4.74 Å². The third-order valence-corrected chi connectivity index (χ3v) is 2.26. The van der Waals surface area contributed by atoms with Crippen LogP contribution in [0.1, 0.15) is 16.1 Å². The van der Waals surface area contributed by atoms with Crippen molar-refractivity contribution in [1.29, 1.82) is 0 Å². The molecule has 6 heteroatoms. The Morgan fingerprint density at radius 1 is 1.22 bits per heavy atom. The van der Waals surface area contributed by atoms with Gasteiger partial charge >= 0.3 is 0 Å². The zero-order valence-corrected chi connectivity index (χ0v) is 9.35. The summed E-state index contributed by atoms with van der Waals surface area (Å²) in [6.07, 6.45) is 1.13. The first-order valence-electron chi connectivity index (χ1n) is 4.97. The molecule has 0 aliphatic rings. The Hall–Kier alpha value is -2.37. The summed E-state index contributed by atoms with van der Waals surface area (Å²) in [7, 11) is 1.38. The number of carbonyl (C=O) groups is 1. The first-order chi connectivity index (χ1) is 8.61. The van der Waals surface area contributed by atoms with Gasteiger partial charge in [-0.15, -0.1) is 0 Å². The fourth-order valence-electron chi connectivity index (χ4n) is 1.39. The monoisotopic (exact) mass is 250 g/mol. The van der Waals surface area contributed by atoms with Crippen LogP contribution in [0.4, 0.5) is 8.78 Å². The molecule has 18 heavy (non-hydrogen) atoms. The zero-order valence-electron chi connectivity index (χ0n) is 9.35. The van der Waals surface area contributed by atoms with E-state index in [4.69, 9.17) is 4.74 Å². The highest BCUT2D eigenvalue weighted by Crippen LogP contribution is 2.15. The number of ether oxygens (including phenoxy) is 1. The standard InChI is InChI=1S/C12H8F2N2O2/c1-18-11-5-10(15-6-16-11)12(17)8-3-2-7(13)4-9(8)14/h2-6H,1H3. The molecule has 0 aliphatic heterocycles. The number of rotatable bonds is 3. The average molecular weight is 250 g/mol. The predicted molar refractivity (Wildman–Crippen MR) is 58.4 cm³/mol. The first-order valence-corrected chi connectivity index (χ1v) is 4.97. The molecule has 0 saturated carbocycles. The summed E-state index contributed by atoms with van der Waals surface area (Å²) in [6, 6.07) is 4.01. The van der Waals surface area contributed by atoms with Crippen LogP contribution >= 0.6 is 0 Å². The third kappa shape index (κ3) is 2.32. The normalized spacial score (nSPS) is 10.2. The molecular formula is C12H8F2N2O2. The second-order valence-electron chi connectivity index (χ2n) is 3.40. The lowest BCUT2D eigenvalue weighted by molar-refractivity contribution is 0.103. The molecule has 2 rings (SSSR count). The number of aromatic nitrogens is 2. The largest absolute Gasteiger partial charge is 0.481 e. The van der Waals surface area contributed by atoms with Crippen molar-refractivity contribution < 1.29 is 18.3 Å². The van der Waals surface area contributed by atoms with E-state index in [0.717, 1.165) is 18.5 Å². The topological polar surface area (TPSA) is 52.1 Å². The van der Waals surface area contributed by atoms with Crippen molar-refractivity contribution in [1.82, 2.24) is 9.97 Å². The van der Waals surface area contributed by atoms with E-state index in [1.54, 1.807) is 0 Å². The Labute approximate surface area is 101 Å². The van der Waals surface area contributed by atoms with Crippen molar-refractivity contribution in [3.63, 3.8) is 0 Å². The molecule has 0 spiro atoms. The molecule has 0 N–H and O–H groups in total. The van der Waals surface area contributed by atoms with Crippen LogP contribution in [0.15, 0.2) is 30.6 Å². The second-order valence-corrected chi connectivity index (χ2v) is 3.40. The number of methoxy groups -OCH3 is 1. The van der Waals surface area contributed by atoms with Crippen LogP contribution < -0.4 is 4.74 Å². The number of benzene rings is 1. The zero-order chi connectivity index (χ0) is 13.1. The Morgan fingerprint density at radius 3 is 2.67 bits per heavy atom. The van der Waals surface area contributed by atoms with Gasteiger partial charge in [-0.05, 0) is 12.1 Å². The third-order valence-electron chi connectivity index (χ3n) is 2.26. The molecule has 0 bridgehead atoms. The molecule has 0 unspecified atom stereocenters. The fraction of sp³-hybridized carbons (Fsp3) is 0.0833. The summed E-state index contributed by atoms with van der Waals surface area (Å²) in [5.41, 5.74) is -0.274. The SMILES string of the molecule is COc1cc(C(=O)c2ccc(F)cc2F)ncn1. The van der Waals surface area contributed by atoms with Crippen LogP contribution in [0.25, 0.3) is 0 Å². The van der Waals surface area contributed by atoms with Gasteiger partial charge in [0.2, 0.25) is 11.7 Å². The van der Waals surface area contributed by atoms with Gasteiger partial charge in [0, 0.05) is 12.1 Å². The minimum Gasteiger partial charge on any atom is -0.481 e. The summed E-state index contributed by atoms with van der Waals surface area (Å²) in [5.74, 6) is -2.15. The predicted octanol–water partition coefficient (Wildman–Crippen LogP) is 1.99. The van der Waals surface area contributed by atoms with Gasteiger partial charge in [-0.3, -0.25) is 4.79 Å². The molecular weight excluding hydrogens is 242 g/mol. The summed E-state index contributed by atoms with van der Waals surface area (Å²) in [5, 5.41) is 0. The van der Waals surface area contributed by atoms with E-state index < -0.39 is 17.4 Å². The molecule has 1 aromatic heterocycles. The van der Waals surface area contributed by atoms with Gasteiger partial charge in [0.05, 0.1) is 12.7 Å². The van der Waals surface area contributed by atoms with Crippen LogP contribution in [-0.2, 0) is 0 Å². The molecule has 0 radical (unpaired) electrons. The van der Waals surface area contributed by atoms with Crippen molar-refractivity contribution in [2.24, 2.45) is 0 Å². The molecule has 0 atom stereocenters. The Bertz CT molecular complexity index is 602. The molecule has 0 amide bonds. The van der Waals surface area contributed by atoms with E-state index >= 15 is 0 Å². The maximum Gasteiger partial charge on any atom is 0.216 e. The summed E-state index contributed by atoms with van der Waals surface area (Å²) in [4.78, 5) is 19.4. The van der Waals surface area contributed by atoms with Gasteiger partial charge in [-0.1, -0.05) is 0 Å². The van der Waals surface area contributed by atoms with E-state index in [-0.39, 0.29) is 17.1 Å². The molecule has 92 valence electrons. The number of ketones is 1. The van der Waals surface area contributed by atoms with Crippen LogP contribution in [0.2, 0.25) is 0 Å². The van der Waals surface area contributed by atoms with Crippen molar-refractivity contribution >= 4 is 5.78 Å². The van der Waals surface area contributed by atoms with Crippen LogP contribution in [0, 0.1) is 11.6 Å². The molecule has 0 saturated heterocycles. The van der Waals surface area contributed by atoms with Crippen LogP contribution in [0.5, 0.6) is 5.88 Å². The quantitative estimate of drug-likeness (QED) is 0.782. The lowest BCUT2D eigenvalue weighted by Crippen LogP contribution is -2.07. The summed E-state index contributed by atoms with van der Waals surface area (Å²) < 4.78 is 31.0. The van der Waals surface area contributed by atoms with E-state index in [1.165, 1.54) is 13.2 Å². The van der Waals surface area contributed by atoms with Crippen LogP contribution in [0.3, 0.4) is 0 Å². The Balaban J connectivity index is 2.41. The van der Waals surface area contributed by atoms with E-state index in [1.807, 2.05) is 0 Å². The first kappa shape index (κ1) is 12.1. The van der Waals surface area contributed by atoms with Gasteiger partial charge in [-0.25, -0.2) is 18.7 Å². The lowest BCUT2D eigenvalue weighted by Gasteiger charge is -2.03. The minimum absolute atomic E-state index is 0.0210. The maximum atomic E-state index is 13.4. The number of hydrogen-bond acceptors (Lipinski definition) is 4. The van der Waals surface area contributed by atoms with Crippen molar-refractivity contribution in [2.75, 3.05) is 7.11 Å².